The standard InChI is InChI=1S/C16H19NO4/c1-16(2,20-3)8-9-21-14-10-13(15(18)19)17-12-7-5-4-6-11(12)14/h4-7,10H,8-9H2,1-3H3,(H,18,19). The highest BCUT2D eigenvalue weighted by atomic mass is 16.5. The van der Waals surface area contributed by atoms with Crippen LogP contribution in [0, 0.1) is 0 Å². The van der Waals surface area contributed by atoms with E-state index < -0.39 is 5.97 Å². The lowest BCUT2D eigenvalue weighted by Crippen LogP contribution is -2.25. The summed E-state index contributed by atoms with van der Waals surface area (Å²) < 4.78 is 11.1. The number of carbonyl (C=O) groups is 1. The van der Waals surface area contributed by atoms with E-state index in [4.69, 9.17) is 14.6 Å². The SMILES string of the molecule is COC(C)(C)CCOc1cc(C(=O)O)nc2ccccc12. The van der Waals surface area contributed by atoms with Crippen molar-refractivity contribution in [3.63, 3.8) is 0 Å². The van der Waals surface area contributed by atoms with Gasteiger partial charge >= 0.3 is 5.97 Å². The second-order valence-electron chi connectivity index (χ2n) is 5.39. The van der Waals surface area contributed by atoms with E-state index in [1.54, 1.807) is 13.2 Å². The Morgan fingerprint density at radius 3 is 2.71 bits per heavy atom. The van der Waals surface area contributed by atoms with E-state index in [2.05, 4.69) is 4.98 Å². The predicted octanol–water partition coefficient (Wildman–Crippen LogP) is 3.13. The predicted molar refractivity (Wildman–Crippen MR) is 79.9 cm³/mol. The molecule has 0 saturated carbocycles. The van der Waals surface area contributed by atoms with Crippen molar-refractivity contribution < 1.29 is 19.4 Å². The van der Waals surface area contributed by atoms with Gasteiger partial charge in [-0.25, -0.2) is 9.78 Å². The van der Waals surface area contributed by atoms with E-state index in [1.807, 2.05) is 32.0 Å². The van der Waals surface area contributed by atoms with E-state index in [0.29, 0.717) is 24.3 Å². The Kier molecular flexibility index (Phi) is 4.43. The molecule has 0 fully saturated rings. The fourth-order valence-corrected chi connectivity index (χ4v) is 1.88. The van der Waals surface area contributed by atoms with Crippen LogP contribution in [-0.4, -0.2) is 35.4 Å². The summed E-state index contributed by atoms with van der Waals surface area (Å²) in [5.74, 6) is -0.535. The Labute approximate surface area is 123 Å². The molecule has 1 heterocycles. The van der Waals surface area contributed by atoms with Crippen LogP contribution in [0.5, 0.6) is 5.75 Å². The third-order valence-electron chi connectivity index (χ3n) is 3.41. The van der Waals surface area contributed by atoms with Gasteiger partial charge in [0.15, 0.2) is 5.69 Å². The zero-order chi connectivity index (χ0) is 15.5. The van der Waals surface area contributed by atoms with Crippen LogP contribution in [-0.2, 0) is 4.74 Å². The number of carboxylic acid groups (broad SMARTS) is 1. The van der Waals surface area contributed by atoms with Gasteiger partial charge in [-0.05, 0) is 26.0 Å². The quantitative estimate of drug-likeness (QED) is 0.884. The molecule has 0 aliphatic heterocycles. The molecule has 0 amide bonds. The normalized spacial score (nSPS) is 11.6. The van der Waals surface area contributed by atoms with Gasteiger partial charge in [0.1, 0.15) is 5.75 Å². The fraction of sp³-hybridized carbons (Fsp3) is 0.375. The van der Waals surface area contributed by atoms with Gasteiger partial charge in [-0.3, -0.25) is 0 Å². The Balaban J connectivity index is 2.27. The largest absolute Gasteiger partial charge is 0.493 e. The van der Waals surface area contributed by atoms with Gasteiger partial charge in [0.05, 0.1) is 17.7 Å². The molecule has 2 aromatic rings. The van der Waals surface area contributed by atoms with Gasteiger partial charge in [0.2, 0.25) is 0 Å². The van der Waals surface area contributed by atoms with Gasteiger partial charge in [-0.1, -0.05) is 12.1 Å². The van der Waals surface area contributed by atoms with Crippen molar-refractivity contribution in [3.8, 4) is 5.75 Å². The maximum absolute atomic E-state index is 11.1. The number of ether oxygens (including phenoxy) is 2. The van der Waals surface area contributed by atoms with E-state index in [0.717, 1.165) is 5.39 Å². The first-order valence-corrected chi connectivity index (χ1v) is 6.74. The summed E-state index contributed by atoms with van der Waals surface area (Å²) in [6, 6.07) is 8.79. The number of hydrogen-bond acceptors (Lipinski definition) is 4. The maximum Gasteiger partial charge on any atom is 0.354 e. The molecular weight excluding hydrogens is 270 g/mol. The first-order valence-electron chi connectivity index (χ1n) is 6.74. The number of rotatable bonds is 6. The number of methoxy groups -OCH3 is 1. The molecule has 21 heavy (non-hydrogen) atoms. The average molecular weight is 289 g/mol. The fourth-order valence-electron chi connectivity index (χ4n) is 1.88. The lowest BCUT2D eigenvalue weighted by molar-refractivity contribution is 0.00555. The molecule has 0 unspecified atom stereocenters. The molecule has 0 saturated heterocycles. The van der Waals surface area contributed by atoms with Crippen molar-refractivity contribution >= 4 is 16.9 Å². The van der Waals surface area contributed by atoms with Gasteiger partial charge in [0.25, 0.3) is 0 Å². The Bertz CT molecular complexity index is 652. The Morgan fingerprint density at radius 2 is 2.05 bits per heavy atom. The minimum Gasteiger partial charge on any atom is -0.493 e. The molecule has 2 rings (SSSR count). The van der Waals surface area contributed by atoms with E-state index in [1.165, 1.54) is 6.07 Å². The van der Waals surface area contributed by atoms with Crippen LogP contribution < -0.4 is 4.74 Å². The number of fused-ring (bicyclic) bond motifs is 1. The van der Waals surface area contributed by atoms with Crippen molar-refractivity contribution in [3.05, 3.63) is 36.0 Å². The number of aromatic nitrogens is 1. The second kappa shape index (κ2) is 6.10. The first kappa shape index (κ1) is 15.3. The zero-order valence-electron chi connectivity index (χ0n) is 12.4. The smallest absolute Gasteiger partial charge is 0.354 e. The Morgan fingerprint density at radius 1 is 1.33 bits per heavy atom. The monoisotopic (exact) mass is 289 g/mol. The summed E-state index contributed by atoms with van der Waals surface area (Å²) in [5, 5.41) is 9.93. The molecule has 0 aliphatic carbocycles. The molecule has 0 radical (unpaired) electrons. The van der Waals surface area contributed by atoms with E-state index in [9.17, 15) is 4.79 Å². The molecule has 112 valence electrons. The number of hydrogen-bond donors (Lipinski definition) is 1. The van der Waals surface area contributed by atoms with Crippen LogP contribution in [0.25, 0.3) is 10.9 Å². The van der Waals surface area contributed by atoms with Crippen molar-refractivity contribution in [2.24, 2.45) is 0 Å². The third-order valence-corrected chi connectivity index (χ3v) is 3.41. The highest BCUT2D eigenvalue weighted by Gasteiger charge is 2.17. The van der Waals surface area contributed by atoms with Crippen LogP contribution in [0.15, 0.2) is 30.3 Å². The first-order chi connectivity index (χ1) is 9.93. The number of pyridine rings is 1. The molecule has 0 bridgehead atoms. The summed E-state index contributed by atoms with van der Waals surface area (Å²) in [6.45, 7) is 4.39. The van der Waals surface area contributed by atoms with Gasteiger partial charge in [-0.2, -0.15) is 0 Å². The molecule has 0 aliphatic rings. The van der Waals surface area contributed by atoms with Crippen LogP contribution in [0.2, 0.25) is 0 Å². The molecule has 1 N–H and O–H groups in total. The lowest BCUT2D eigenvalue weighted by atomic mass is 10.1. The van der Waals surface area contributed by atoms with Crippen LogP contribution in [0.1, 0.15) is 30.8 Å². The Hall–Kier alpha value is -2.14. The summed E-state index contributed by atoms with van der Waals surface area (Å²) in [5.41, 5.74) is 0.312. The van der Waals surface area contributed by atoms with E-state index >= 15 is 0 Å². The molecule has 1 aromatic carbocycles. The van der Waals surface area contributed by atoms with Gasteiger partial charge in [0, 0.05) is 25.0 Å². The van der Waals surface area contributed by atoms with Crippen molar-refractivity contribution in [1.29, 1.82) is 0 Å². The van der Waals surface area contributed by atoms with Crippen molar-refractivity contribution in [1.82, 2.24) is 4.98 Å². The van der Waals surface area contributed by atoms with Crippen LogP contribution in [0.4, 0.5) is 0 Å². The van der Waals surface area contributed by atoms with Gasteiger partial charge in [-0.15, -0.1) is 0 Å². The summed E-state index contributed by atoms with van der Waals surface area (Å²) in [4.78, 5) is 15.2. The highest BCUT2D eigenvalue weighted by Crippen LogP contribution is 2.26. The minimum absolute atomic E-state index is 0.0188. The van der Waals surface area contributed by atoms with E-state index in [-0.39, 0.29) is 11.3 Å². The summed E-state index contributed by atoms with van der Waals surface area (Å²) in [6.07, 6.45) is 0.697. The average Bonchev–Trinajstić information content (AvgIpc) is 2.46. The number of nitrogens with zero attached hydrogens (tertiary/aromatic N) is 1. The maximum atomic E-state index is 11.1. The second-order valence-corrected chi connectivity index (χ2v) is 5.39. The molecule has 0 spiro atoms. The molecule has 5 nitrogen and oxygen atoms in total. The van der Waals surface area contributed by atoms with Crippen molar-refractivity contribution in [2.45, 2.75) is 25.9 Å². The number of aromatic carboxylic acids is 1. The third kappa shape index (κ3) is 3.70. The molecule has 0 atom stereocenters. The molecular formula is C16H19NO4. The van der Waals surface area contributed by atoms with Crippen LogP contribution in [0.3, 0.4) is 0 Å². The van der Waals surface area contributed by atoms with Crippen LogP contribution >= 0.6 is 0 Å². The summed E-state index contributed by atoms with van der Waals surface area (Å²) >= 11 is 0. The number of carboxylic acids is 1. The number of benzene rings is 1. The minimum atomic E-state index is -1.07. The topological polar surface area (TPSA) is 68.7 Å². The molecule has 1 aromatic heterocycles. The zero-order valence-corrected chi connectivity index (χ0v) is 12.4. The lowest BCUT2D eigenvalue weighted by Gasteiger charge is -2.22. The number of para-hydroxylation sites is 1. The van der Waals surface area contributed by atoms with Gasteiger partial charge < -0.3 is 14.6 Å². The van der Waals surface area contributed by atoms with Crippen molar-refractivity contribution in [2.75, 3.05) is 13.7 Å². The summed E-state index contributed by atoms with van der Waals surface area (Å²) in [7, 11) is 1.66. The highest BCUT2D eigenvalue weighted by molar-refractivity contribution is 5.93. The molecule has 5 heteroatoms.